The lowest BCUT2D eigenvalue weighted by Gasteiger charge is -2.26. The van der Waals surface area contributed by atoms with Crippen LogP contribution in [0.25, 0.3) is 0 Å². The van der Waals surface area contributed by atoms with E-state index in [4.69, 9.17) is 4.52 Å². The van der Waals surface area contributed by atoms with E-state index in [1.54, 1.807) is 0 Å². The largest absolute Gasteiger partial charge is 0.338 e. The minimum Gasteiger partial charge on any atom is -0.338 e. The molecular weight excluding hydrogens is 238 g/mol. The third-order valence-corrected chi connectivity index (χ3v) is 4.72. The molecule has 1 atom stereocenters. The summed E-state index contributed by atoms with van der Waals surface area (Å²) in [6.07, 6.45) is 10.2. The van der Waals surface area contributed by atoms with E-state index in [1.165, 1.54) is 44.9 Å². The number of nitrogens with one attached hydrogen (secondary N) is 1. The van der Waals surface area contributed by atoms with Crippen LogP contribution in [0.5, 0.6) is 0 Å². The summed E-state index contributed by atoms with van der Waals surface area (Å²) in [4.78, 5) is 4.65. The van der Waals surface area contributed by atoms with E-state index in [2.05, 4.69) is 22.4 Å². The molecule has 2 heterocycles. The molecule has 1 saturated carbocycles. The van der Waals surface area contributed by atoms with Gasteiger partial charge in [0, 0.05) is 5.92 Å². The average Bonchev–Trinajstić information content (AvgIpc) is 3.11. The van der Waals surface area contributed by atoms with Gasteiger partial charge in [-0.05, 0) is 51.0 Å². The third kappa shape index (κ3) is 2.99. The van der Waals surface area contributed by atoms with Gasteiger partial charge in [-0.25, -0.2) is 0 Å². The van der Waals surface area contributed by atoms with Gasteiger partial charge in [0.2, 0.25) is 5.89 Å². The zero-order valence-electron chi connectivity index (χ0n) is 11.9. The molecule has 0 bridgehead atoms. The zero-order chi connectivity index (χ0) is 13.1. The Morgan fingerprint density at radius 2 is 2.05 bits per heavy atom. The Morgan fingerprint density at radius 1 is 1.21 bits per heavy atom. The highest BCUT2D eigenvalue weighted by Crippen LogP contribution is 2.36. The van der Waals surface area contributed by atoms with E-state index in [1.807, 2.05) is 0 Å². The molecule has 1 N–H and O–H groups in total. The molecule has 1 aliphatic heterocycles. The number of rotatable bonds is 4. The maximum atomic E-state index is 5.45. The van der Waals surface area contributed by atoms with Gasteiger partial charge in [0.25, 0.3) is 0 Å². The Bertz CT molecular complexity index is 390. The molecule has 19 heavy (non-hydrogen) atoms. The Kier molecular flexibility index (Phi) is 4.16. The van der Waals surface area contributed by atoms with Crippen molar-refractivity contribution in [3.05, 3.63) is 11.7 Å². The lowest BCUT2D eigenvalue weighted by atomic mass is 9.80. The van der Waals surface area contributed by atoms with Crippen molar-refractivity contribution < 1.29 is 4.52 Å². The number of nitrogens with zero attached hydrogens (tertiary/aromatic N) is 2. The fourth-order valence-electron chi connectivity index (χ4n) is 3.57. The van der Waals surface area contributed by atoms with Crippen molar-refractivity contribution >= 4 is 0 Å². The van der Waals surface area contributed by atoms with Crippen molar-refractivity contribution in [1.29, 1.82) is 0 Å². The summed E-state index contributed by atoms with van der Waals surface area (Å²) in [6, 6.07) is 0.303. The van der Waals surface area contributed by atoms with Crippen LogP contribution in [0.15, 0.2) is 4.52 Å². The molecule has 106 valence electrons. The molecule has 1 unspecified atom stereocenters. The van der Waals surface area contributed by atoms with Crippen LogP contribution in [0.4, 0.5) is 0 Å². The van der Waals surface area contributed by atoms with Crippen LogP contribution in [0.2, 0.25) is 0 Å². The Labute approximate surface area is 115 Å². The zero-order valence-corrected chi connectivity index (χ0v) is 11.9. The van der Waals surface area contributed by atoms with E-state index >= 15 is 0 Å². The van der Waals surface area contributed by atoms with Crippen LogP contribution in [-0.4, -0.2) is 16.7 Å². The number of hydrogen-bond donors (Lipinski definition) is 1. The summed E-state index contributed by atoms with van der Waals surface area (Å²) in [6.45, 7) is 3.36. The van der Waals surface area contributed by atoms with E-state index < -0.39 is 0 Å². The number of aromatic nitrogens is 2. The quantitative estimate of drug-likeness (QED) is 0.902. The highest BCUT2D eigenvalue weighted by Gasteiger charge is 2.28. The summed E-state index contributed by atoms with van der Waals surface area (Å²) in [5.74, 6) is 3.23. The second kappa shape index (κ2) is 6.04. The fraction of sp³-hybridized carbons (Fsp3) is 0.867. The SMILES string of the molecule is CCCC1CCC(c2noc(C3CCCN3)n2)CC1. The van der Waals surface area contributed by atoms with Gasteiger partial charge in [-0.2, -0.15) is 4.98 Å². The van der Waals surface area contributed by atoms with Crippen LogP contribution in [0.3, 0.4) is 0 Å². The van der Waals surface area contributed by atoms with Crippen LogP contribution >= 0.6 is 0 Å². The van der Waals surface area contributed by atoms with Gasteiger partial charge in [-0.3, -0.25) is 0 Å². The van der Waals surface area contributed by atoms with Gasteiger partial charge >= 0.3 is 0 Å². The fourth-order valence-corrected chi connectivity index (χ4v) is 3.57. The maximum absolute atomic E-state index is 5.45. The van der Waals surface area contributed by atoms with Crippen molar-refractivity contribution in [2.45, 2.75) is 70.3 Å². The molecule has 0 aromatic carbocycles. The van der Waals surface area contributed by atoms with E-state index in [9.17, 15) is 0 Å². The normalized spacial score (nSPS) is 31.7. The molecule has 2 fully saturated rings. The summed E-state index contributed by atoms with van der Waals surface area (Å²) in [5.41, 5.74) is 0. The van der Waals surface area contributed by atoms with Crippen molar-refractivity contribution in [3.8, 4) is 0 Å². The first-order valence-electron chi connectivity index (χ1n) is 7.93. The summed E-state index contributed by atoms with van der Waals surface area (Å²) >= 11 is 0. The van der Waals surface area contributed by atoms with Crippen molar-refractivity contribution in [2.24, 2.45) is 5.92 Å². The van der Waals surface area contributed by atoms with Gasteiger partial charge in [-0.1, -0.05) is 24.9 Å². The van der Waals surface area contributed by atoms with E-state index in [0.717, 1.165) is 30.6 Å². The minimum absolute atomic E-state index is 0.303. The Hall–Kier alpha value is -0.900. The highest BCUT2D eigenvalue weighted by molar-refractivity contribution is 5.01. The van der Waals surface area contributed by atoms with Gasteiger partial charge in [0.1, 0.15) is 0 Å². The van der Waals surface area contributed by atoms with Crippen molar-refractivity contribution in [1.82, 2.24) is 15.5 Å². The molecule has 4 heteroatoms. The van der Waals surface area contributed by atoms with Crippen LogP contribution < -0.4 is 5.32 Å². The summed E-state index contributed by atoms with van der Waals surface area (Å²) in [5, 5.41) is 7.65. The molecule has 0 amide bonds. The van der Waals surface area contributed by atoms with Gasteiger partial charge in [0.15, 0.2) is 5.82 Å². The van der Waals surface area contributed by atoms with Crippen molar-refractivity contribution in [2.75, 3.05) is 6.54 Å². The second-order valence-corrected chi connectivity index (χ2v) is 6.15. The van der Waals surface area contributed by atoms with Gasteiger partial charge in [-0.15, -0.1) is 0 Å². The highest BCUT2D eigenvalue weighted by atomic mass is 16.5. The van der Waals surface area contributed by atoms with Crippen LogP contribution in [-0.2, 0) is 0 Å². The first-order chi connectivity index (χ1) is 9.36. The van der Waals surface area contributed by atoms with Gasteiger partial charge < -0.3 is 9.84 Å². The second-order valence-electron chi connectivity index (χ2n) is 6.15. The van der Waals surface area contributed by atoms with Crippen molar-refractivity contribution in [3.63, 3.8) is 0 Å². The summed E-state index contributed by atoms with van der Waals surface area (Å²) in [7, 11) is 0. The molecule has 1 aromatic rings. The molecule has 4 nitrogen and oxygen atoms in total. The topological polar surface area (TPSA) is 51.0 Å². The standard InChI is InChI=1S/C15H25N3O/c1-2-4-11-6-8-12(9-7-11)14-17-15(19-18-14)13-5-3-10-16-13/h11-13,16H,2-10H2,1H3. The minimum atomic E-state index is 0.303. The molecule has 0 spiro atoms. The predicted molar refractivity (Wildman–Crippen MR) is 73.9 cm³/mol. The summed E-state index contributed by atoms with van der Waals surface area (Å²) < 4.78 is 5.45. The lowest BCUT2D eigenvalue weighted by Crippen LogP contribution is -2.15. The molecular formula is C15H25N3O. The molecule has 0 radical (unpaired) electrons. The molecule has 1 saturated heterocycles. The maximum Gasteiger partial charge on any atom is 0.243 e. The first-order valence-corrected chi connectivity index (χ1v) is 7.93. The van der Waals surface area contributed by atoms with Gasteiger partial charge in [0.05, 0.1) is 6.04 Å². The number of hydrogen-bond acceptors (Lipinski definition) is 4. The Balaban J connectivity index is 1.58. The third-order valence-electron chi connectivity index (χ3n) is 4.72. The molecule has 2 aliphatic rings. The monoisotopic (exact) mass is 263 g/mol. The van der Waals surface area contributed by atoms with E-state index in [-0.39, 0.29) is 0 Å². The average molecular weight is 263 g/mol. The first kappa shape index (κ1) is 13.1. The Morgan fingerprint density at radius 3 is 2.74 bits per heavy atom. The smallest absolute Gasteiger partial charge is 0.243 e. The predicted octanol–water partition coefficient (Wildman–Crippen LogP) is 3.57. The molecule has 3 rings (SSSR count). The lowest BCUT2D eigenvalue weighted by molar-refractivity contribution is 0.293. The molecule has 1 aliphatic carbocycles. The molecule has 1 aromatic heterocycles. The van der Waals surface area contributed by atoms with E-state index in [0.29, 0.717) is 12.0 Å². The van der Waals surface area contributed by atoms with Crippen LogP contribution in [0, 0.1) is 5.92 Å². The van der Waals surface area contributed by atoms with Crippen LogP contribution in [0.1, 0.15) is 82.0 Å².